The van der Waals surface area contributed by atoms with E-state index in [1.165, 1.54) is 0 Å². The molecule has 2 aromatic rings. The first kappa shape index (κ1) is 15.3. The average molecular weight is 313 g/mol. The summed E-state index contributed by atoms with van der Waals surface area (Å²) >= 11 is 0. The minimum Gasteiger partial charge on any atom is -0.481 e. The van der Waals surface area contributed by atoms with E-state index in [1.807, 2.05) is 27.0 Å². The zero-order valence-electron chi connectivity index (χ0n) is 13.4. The van der Waals surface area contributed by atoms with Gasteiger partial charge in [-0.05, 0) is 25.5 Å². The molecule has 0 fully saturated rings. The van der Waals surface area contributed by atoms with Crippen molar-refractivity contribution in [3.8, 4) is 0 Å². The molecule has 1 atom stereocenters. The summed E-state index contributed by atoms with van der Waals surface area (Å²) in [6.45, 7) is 4.00. The van der Waals surface area contributed by atoms with Gasteiger partial charge >= 0.3 is 5.97 Å². The Bertz CT molecular complexity index is 794. The van der Waals surface area contributed by atoms with Crippen LogP contribution in [0.15, 0.2) is 24.3 Å². The molecule has 1 unspecified atom stereocenters. The monoisotopic (exact) mass is 313 g/mol. The zero-order valence-corrected chi connectivity index (χ0v) is 13.4. The maximum Gasteiger partial charge on any atom is 0.312 e. The van der Waals surface area contributed by atoms with Crippen molar-refractivity contribution in [3.63, 3.8) is 0 Å². The van der Waals surface area contributed by atoms with Crippen molar-refractivity contribution in [2.75, 3.05) is 11.4 Å². The van der Waals surface area contributed by atoms with Crippen LogP contribution in [0.2, 0.25) is 0 Å². The number of aliphatic carboxylic acids is 1. The fourth-order valence-electron chi connectivity index (χ4n) is 3.17. The largest absolute Gasteiger partial charge is 0.481 e. The number of nitrogens with zero attached hydrogens (tertiary/aromatic N) is 3. The predicted molar refractivity (Wildman–Crippen MR) is 85.6 cm³/mol. The lowest BCUT2D eigenvalue weighted by atomic mass is 10.0. The Kier molecular flexibility index (Phi) is 3.67. The lowest BCUT2D eigenvalue weighted by Gasteiger charge is -2.17. The van der Waals surface area contributed by atoms with Crippen molar-refractivity contribution in [2.24, 2.45) is 7.05 Å². The topological polar surface area (TPSA) is 75.4 Å². The molecule has 1 aliphatic heterocycles. The molecule has 6 nitrogen and oxygen atoms in total. The number of para-hydroxylation sites is 1. The Labute approximate surface area is 134 Å². The third kappa shape index (κ3) is 2.50. The van der Waals surface area contributed by atoms with Gasteiger partial charge in [0.15, 0.2) is 0 Å². The summed E-state index contributed by atoms with van der Waals surface area (Å²) in [7, 11) is 1.85. The number of anilines is 1. The van der Waals surface area contributed by atoms with Gasteiger partial charge < -0.3 is 10.0 Å². The van der Waals surface area contributed by atoms with Crippen LogP contribution in [0.4, 0.5) is 5.69 Å². The van der Waals surface area contributed by atoms with Crippen molar-refractivity contribution >= 4 is 17.6 Å². The van der Waals surface area contributed by atoms with Crippen LogP contribution in [0.25, 0.3) is 0 Å². The predicted octanol–water partition coefficient (Wildman–Crippen LogP) is 1.79. The van der Waals surface area contributed by atoms with Crippen LogP contribution >= 0.6 is 0 Å². The van der Waals surface area contributed by atoms with Gasteiger partial charge in [-0.2, -0.15) is 5.10 Å². The lowest BCUT2D eigenvalue weighted by molar-refractivity contribution is -0.138. The average Bonchev–Trinajstić information content (AvgIpc) is 3.01. The number of carbonyl (C=O) groups is 2. The SMILES string of the molecule is Cc1nn(C)c(C)c1CC(=O)N1CC(C(=O)O)c2ccccc21. The first-order valence-corrected chi connectivity index (χ1v) is 7.51. The molecule has 23 heavy (non-hydrogen) atoms. The summed E-state index contributed by atoms with van der Waals surface area (Å²) < 4.78 is 1.76. The van der Waals surface area contributed by atoms with Crippen LogP contribution < -0.4 is 4.90 Å². The van der Waals surface area contributed by atoms with Crippen LogP contribution in [0, 0.1) is 13.8 Å². The maximum atomic E-state index is 12.8. The molecule has 1 amide bonds. The van der Waals surface area contributed by atoms with Gasteiger partial charge in [-0.1, -0.05) is 18.2 Å². The number of hydrogen-bond donors (Lipinski definition) is 1. The molecule has 0 saturated carbocycles. The van der Waals surface area contributed by atoms with E-state index >= 15 is 0 Å². The van der Waals surface area contributed by atoms with Crippen molar-refractivity contribution in [3.05, 3.63) is 46.8 Å². The second kappa shape index (κ2) is 5.53. The van der Waals surface area contributed by atoms with Gasteiger partial charge in [0.05, 0.1) is 12.1 Å². The highest BCUT2D eigenvalue weighted by Crippen LogP contribution is 2.36. The van der Waals surface area contributed by atoms with Crippen molar-refractivity contribution in [1.29, 1.82) is 0 Å². The molecule has 6 heteroatoms. The normalized spacial score (nSPS) is 16.5. The minimum atomic E-state index is -0.901. The molecule has 0 radical (unpaired) electrons. The van der Waals surface area contributed by atoms with E-state index in [0.717, 1.165) is 17.0 Å². The first-order valence-electron chi connectivity index (χ1n) is 7.51. The van der Waals surface area contributed by atoms with Gasteiger partial charge in [0.25, 0.3) is 0 Å². The summed E-state index contributed by atoms with van der Waals surface area (Å²) in [6, 6.07) is 7.21. The van der Waals surface area contributed by atoms with Gasteiger partial charge in [-0.15, -0.1) is 0 Å². The van der Waals surface area contributed by atoms with Gasteiger partial charge in [0, 0.05) is 30.5 Å². The van der Waals surface area contributed by atoms with Crippen LogP contribution in [0.5, 0.6) is 0 Å². The fourth-order valence-corrected chi connectivity index (χ4v) is 3.17. The van der Waals surface area contributed by atoms with Crippen LogP contribution in [-0.2, 0) is 23.1 Å². The third-order valence-electron chi connectivity index (χ3n) is 4.55. The molecular formula is C17H19N3O3. The van der Waals surface area contributed by atoms with Crippen LogP contribution in [0.1, 0.15) is 28.4 Å². The van der Waals surface area contributed by atoms with Crippen molar-refractivity contribution in [2.45, 2.75) is 26.2 Å². The standard InChI is InChI=1S/C17H19N3O3/c1-10-13(11(2)19(3)18-10)8-16(21)20-9-14(17(22)23)12-6-4-5-7-15(12)20/h4-7,14H,8-9H2,1-3H3,(H,22,23). The summed E-state index contributed by atoms with van der Waals surface area (Å²) in [5, 5.41) is 13.7. The Morgan fingerprint density at radius 3 is 2.61 bits per heavy atom. The van der Waals surface area contributed by atoms with Gasteiger partial charge in [0.2, 0.25) is 5.91 Å². The summed E-state index contributed by atoms with van der Waals surface area (Å²) in [5.41, 5.74) is 4.10. The molecule has 120 valence electrons. The van der Waals surface area contributed by atoms with E-state index in [0.29, 0.717) is 11.3 Å². The van der Waals surface area contributed by atoms with Gasteiger partial charge in [-0.25, -0.2) is 0 Å². The van der Waals surface area contributed by atoms with Gasteiger partial charge in [0.1, 0.15) is 5.92 Å². The molecule has 0 aliphatic carbocycles. The number of fused-ring (bicyclic) bond motifs is 1. The van der Waals surface area contributed by atoms with E-state index in [-0.39, 0.29) is 18.9 Å². The number of benzene rings is 1. The quantitative estimate of drug-likeness (QED) is 0.937. The molecule has 1 aromatic carbocycles. The Balaban J connectivity index is 1.90. The number of rotatable bonds is 3. The highest BCUT2D eigenvalue weighted by Gasteiger charge is 2.36. The zero-order chi connectivity index (χ0) is 16.7. The summed E-state index contributed by atoms with van der Waals surface area (Å²) in [5.74, 6) is -1.66. The fraction of sp³-hybridized carbons (Fsp3) is 0.353. The summed E-state index contributed by atoms with van der Waals surface area (Å²) in [4.78, 5) is 25.8. The Morgan fingerprint density at radius 2 is 2.00 bits per heavy atom. The van der Waals surface area contributed by atoms with E-state index in [2.05, 4.69) is 5.10 Å². The second-order valence-corrected chi connectivity index (χ2v) is 5.90. The first-order chi connectivity index (χ1) is 10.9. The Morgan fingerprint density at radius 1 is 1.30 bits per heavy atom. The van der Waals surface area contributed by atoms with Gasteiger partial charge in [-0.3, -0.25) is 14.3 Å². The number of amides is 1. The van der Waals surface area contributed by atoms with E-state index < -0.39 is 11.9 Å². The van der Waals surface area contributed by atoms with E-state index in [1.54, 1.807) is 27.8 Å². The van der Waals surface area contributed by atoms with Crippen LogP contribution in [-0.4, -0.2) is 33.3 Å². The molecule has 1 N–H and O–H groups in total. The molecule has 0 spiro atoms. The van der Waals surface area contributed by atoms with Crippen molar-refractivity contribution in [1.82, 2.24) is 9.78 Å². The Hall–Kier alpha value is -2.63. The molecule has 3 rings (SSSR count). The molecule has 1 aromatic heterocycles. The lowest BCUT2D eigenvalue weighted by Crippen LogP contribution is -2.32. The second-order valence-electron chi connectivity index (χ2n) is 5.90. The summed E-state index contributed by atoms with van der Waals surface area (Å²) in [6.07, 6.45) is 0.228. The molecular weight excluding hydrogens is 294 g/mol. The third-order valence-corrected chi connectivity index (χ3v) is 4.55. The van der Waals surface area contributed by atoms with E-state index in [9.17, 15) is 14.7 Å². The van der Waals surface area contributed by atoms with Crippen molar-refractivity contribution < 1.29 is 14.7 Å². The molecule has 1 aliphatic rings. The van der Waals surface area contributed by atoms with E-state index in [4.69, 9.17) is 0 Å². The van der Waals surface area contributed by atoms with Crippen LogP contribution in [0.3, 0.4) is 0 Å². The number of carboxylic acid groups (broad SMARTS) is 1. The molecule has 0 bridgehead atoms. The number of aryl methyl sites for hydroxylation is 2. The highest BCUT2D eigenvalue weighted by molar-refractivity contribution is 6.00. The highest BCUT2D eigenvalue weighted by atomic mass is 16.4. The number of hydrogen-bond acceptors (Lipinski definition) is 3. The molecule has 0 saturated heterocycles. The number of carbonyl (C=O) groups excluding carboxylic acids is 1. The molecule has 2 heterocycles. The number of carboxylic acids is 1. The smallest absolute Gasteiger partial charge is 0.312 e. The maximum absolute atomic E-state index is 12.8. The number of aromatic nitrogens is 2. The minimum absolute atomic E-state index is 0.0969.